The summed E-state index contributed by atoms with van der Waals surface area (Å²) in [6.45, 7) is 0.968. The zero-order valence-electron chi connectivity index (χ0n) is 10.3. The Kier molecular flexibility index (Phi) is 2.59. The first kappa shape index (κ1) is 11.6. The second-order valence-corrected chi connectivity index (χ2v) is 5.46. The third-order valence-corrected chi connectivity index (χ3v) is 4.00. The molecule has 1 unspecified atom stereocenters. The van der Waals surface area contributed by atoms with Crippen LogP contribution in [0.3, 0.4) is 0 Å². The fraction of sp³-hybridized carbons (Fsp3) is 0.538. The Morgan fingerprint density at radius 2 is 2.39 bits per heavy atom. The molecule has 18 heavy (non-hydrogen) atoms. The number of nitrogens with zero attached hydrogens (tertiary/aromatic N) is 2. The quantitative estimate of drug-likeness (QED) is 0.866. The molecule has 1 aliphatic carbocycles. The van der Waals surface area contributed by atoms with Gasteiger partial charge in [-0.2, -0.15) is 0 Å². The van der Waals surface area contributed by atoms with Gasteiger partial charge in [0.05, 0.1) is 6.04 Å². The van der Waals surface area contributed by atoms with E-state index in [4.69, 9.17) is 0 Å². The van der Waals surface area contributed by atoms with E-state index in [0.29, 0.717) is 5.41 Å². The van der Waals surface area contributed by atoms with Gasteiger partial charge < -0.3 is 5.32 Å². The van der Waals surface area contributed by atoms with Crippen molar-refractivity contribution in [3.63, 3.8) is 0 Å². The molecule has 2 heterocycles. The number of nitrogens with one attached hydrogen (secondary N) is 1. The summed E-state index contributed by atoms with van der Waals surface area (Å²) in [4.78, 5) is 18.0. The van der Waals surface area contributed by atoms with Gasteiger partial charge in [0.2, 0.25) is 5.91 Å². The average molecular weight is 249 g/mol. The monoisotopic (exact) mass is 249 g/mol. The molecule has 1 atom stereocenters. The molecule has 96 valence electrons. The SMILES string of the molecule is CN1CC2(CC2)CC1C(=O)Nc1ncccc1F. The van der Waals surface area contributed by atoms with E-state index in [0.717, 1.165) is 13.0 Å². The molecule has 5 heteroatoms. The lowest BCUT2D eigenvalue weighted by Crippen LogP contribution is -2.37. The highest BCUT2D eigenvalue weighted by Crippen LogP contribution is 2.54. The number of carbonyl (C=O) groups is 1. The van der Waals surface area contributed by atoms with Crippen molar-refractivity contribution >= 4 is 11.7 Å². The van der Waals surface area contributed by atoms with Gasteiger partial charge in [-0.05, 0) is 43.9 Å². The summed E-state index contributed by atoms with van der Waals surface area (Å²) in [5.74, 6) is -0.626. The Bertz CT molecular complexity index is 487. The van der Waals surface area contributed by atoms with Crippen LogP contribution in [-0.4, -0.2) is 35.4 Å². The first-order valence-corrected chi connectivity index (χ1v) is 6.21. The highest BCUT2D eigenvalue weighted by atomic mass is 19.1. The third-order valence-electron chi connectivity index (χ3n) is 4.00. The summed E-state index contributed by atoms with van der Waals surface area (Å²) >= 11 is 0. The molecule has 2 fully saturated rings. The van der Waals surface area contributed by atoms with Crippen molar-refractivity contribution in [2.75, 3.05) is 18.9 Å². The molecule has 1 spiro atoms. The van der Waals surface area contributed by atoms with E-state index in [1.165, 1.54) is 31.2 Å². The molecular formula is C13H16FN3O. The molecule has 3 rings (SSSR count). The van der Waals surface area contributed by atoms with Gasteiger partial charge in [-0.1, -0.05) is 0 Å². The molecule has 1 amide bonds. The highest BCUT2D eigenvalue weighted by Gasteiger charge is 2.52. The van der Waals surface area contributed by atoms with E-state index in [-0.39, 0.29) is 17.8 Å². The summed E-state index contributed by atoms with van der Waals surface area (Å²) in [7, 11) is 1.95. The Hall–Kier alpha value is -1.49. The summed E-state index contributed by atoms with van der Waals surface area (Å²) in [5, 5.41) is 2.58. The number of pyridine rings is 1. The largest absolute Gasteiger partial charge is 0.307 e. The van der Waals surface area contributed by atoms with Gasteiger partial charge in [0.1, 0.15) is 0 Å². The van der Waals surface area contributed by atoms with Crippen LogP contribution in [0.5, 0.6) is 0 Å². The van der Waals surface area contributed by atoms with E-state index in [1.54, 1.807) is 0 Å². The molecule has 4 nitrogen and oxygen atoms in total. The van der Waals surface area contributed by atoms with Crippen molar-refractivity contribution < 1.29 is 9.18 Å². The lowest BCUT2D eigenvalue weighted by molar-refractivity contribution is -0.120. The predicted octanol–water partition coefficient (Wildman–Crippen LogP) is 1.64. The second kappa shape index (κ2) is 4.02. The summed E-state index contributed by atoms with van der Waals surface area (Å²) < 4.78 is 13.4. The molecule has 1 N–H and O–H groups in total. The van der Waals surface area contributed by atoms with E-state index in [2.05, 4.69) is 15.2 Å². The normalized spacial score (nSPS) is 25.3. The number of hydrogen-bond acceptors (Lipinski definition) is 3. The first-order valence-electron chi connectivity index (χ1n) is 6.21. The molecule has 1 saturated carbocycles. The van der Waals surface area contributed by atoms with Gasteiger partial charge in [-0.15, -0.1) is 0 Å². The lowest BCUT2D eigenvalue weighted by Gasteiger charge is -2.18. The van der Waals surface area contributed by atoms with E-state index in [1.807, 2.05) is 7.05 Å². The minimum atomic E-state index is -0.493. The van der Waals surface area contributed by atoms with E-state index in [9.17, 15) is 9.18 Å². The van der Waals surface area contributed by atoms with Crippen LogP contribution in [0.4, 0.5) is 10.2 Å². The van der Waals surface area contributed by atoms with Crippen molar-refractivity contribution in [3.05, 3.63) is 24.1 Å². The smallest absolute Gasteiger partial charge is 0.242 e. The maximum atomic E-state index is 13.4. The number of hydrogen-bond donors (Lipinski definition) is 1. The van der Waals surface area contributed by atoms with Crippen LogP contribution in [0.1, 0.15) is 19.3 Å². The van der Waals surface area contributed by atoms with Crippen LogP contribution < -0.4 is 5.32 Å². The van der Waals surface area contributed by atoms with Gasteiger partial charge in [0, 0.05) is 12.7 Å². The van der Waals surface area contributed by atoms with Crippen molar-refractivity contribution in [3.8, 4) is 0 Å². The minimum absolute atomic E-state index is 0.0210. The van der Waals surface area contributed by atoms with Crippen LogP contribution in [0.15, 0.2) is 18.3 Å². The van der Waals surface area contributed by atoms with Gasteiger partial charge in [-0.25, -0.2) is 9.37 Å². The molecule has 0 aromatic carbocycles. The van der Waals surface area contributed by atoms with Crippen molar-refractivity contribution in [1.29, 1.82) is 0 Å². The molecule has 1 aliphatic heterocycles. The fourth-order valence-corrected chi connectivity index (χ4v) is 2.78. The third kappa shape index (κ3) is 1.99. The van der Waals surface area contributed by atoms with Gasteiger partial charge >= 0.3 is 0 Å². The Balaban J connectivity index is 1.70. The van der Waals surface area contributed by atoms with Crippen LogP contribution in [-0.2, 0) is 4.79 Å². The number of likely N-dealkylation sites (tertiary alicyclic amines) is 1. The molecule has 1 aromatic heterocycles. The summed E-state index contributed by atoms with van der Waals surface area (Å²) in [5.41, 5.74) is 0.361. The molecule has 1 aromatic rings. The number of likely N-dealkylation sites (N-methyl/N-ethyl adjacent to an activating group) is 1. The summed E-state index contributed by atoms with van der Waals surface area (Å²) in [6, 6.07) is 2.64. The van der Waals surface area contributed by atoms with Crippen molar-refractivity contribution in [2.24, 2.45) is 5.41 Å². The number of aromatic nitrogens is 1. The molecule has 0 radical (unpaired) electrons. The Labute approximate surface area is 105 Å². The lowest BCUT2D eigenvalue weighted by atomic mass is 10.0. The predicted molar refractivity (Wildman–Crippen MR) is 65.5 cm³/mol. The van der Waals surface area contributed by atoms with Crippen LogP contribution in [0.2, 0.25) is 0 Å². The molecule has 1 saturated heterocycles. The molecular weight excluding hydrogens is 233 g/mol. The van der Waals surface area contributed by atoms with Crippen molar-refractivity contribution in [2.45, 2.75) is 25.3 Å². The number of anilines is 1. The average Bonchev–Trinajstić information content (AvgIpc) is 2.99. The second-order valence-electron chi connectivity index (χ2n) is 5.46. The van der Waals surface area contributed by atoms with Crippen LogP contribution >= 0.6 is 0 Å². The topological polar surface area (TPSA) is 45.2 Å². The Morgan fingerprint density at radius 1 is 1.61 bits per heavy atom. The van der Waals surface area contributed by atoms with Gasteiger partial charge in [0.25, 0.3) is 0 Å². The minimum Gasteiger partial charge on any atom is -0.307 e. The van der Waals surface area contributed by atoms with Crippen molar-refractivity contribution in [1.82, 2.24) is 9.88 Å². The standard InChI is InChI=1S/C13H16FN3O/c1-17-8-13(4-5-13)7-10(17)12(18)16-11-9(14)3-2-6-15-11/h2-3,6,10H,4-5,7-8H2,1H3,(H,15,16,18). The number of rotatable bonds is 2. The summed E-state index contributed by atoms with van der Waals surface area (Å²) in [6.07, 6.45) is 4.77. The van der Waals surface area contributed by atoms with Gasteiger partial charge in [0.15, 0.2) is 11.6 Å². The maximum Gasteiger partial charge on any atom is 0.242 e. The highest BCUT2D eigenvalue weighted by molar-refractivity contribution is 5.94. The number of amides is 1. The number of halogens is 1. The zero-order chi connectivity index (χ0) is 12.8. The molecule has 0 bridgehead atoms. The van der Waals surface area contributed by atoms with Crippen LogP contribution in [0, 0.1) is 11.2 Å². The fourth-order valence-electron chi connectivity index (χ4n) is 2.78. The van der Waals surface area contributed by atoms with E-state index >= 15 is 0 Å². The van der Waals surface area contributed by atoms with E-state index < -0.39 is 5.82 Å². The molecule has 2 aliphatic rings. The Morgan fingerprint density at radius 3 is 3.00 bits per heavy atom. The number of carbonyl (C=O) groups excluding carboxylic acids is 1. The first-order chi connectivity index (χ1) is 8.60. The zero-order valence-corrected chi connectivity index (χ0v) is 10.3. The van der Waals surface area contributed by atoms with Gasteiger partial charge in [-0.3, -0.25) is 9.69 Å². The van der Waals surface area contributed by atoms with Crippen LogP contribution in [0.25, 0.3) is 0 Å². The maximum absolute atomic E-state index is 13.4.